The Hall–Kier alpha value is -0.670. The number of hydrogen-bond acceptors (Lipinski definition) is 2. The third-order valence-electron chi connectivity index (χ3n) is 4.57. The molecule has 0 amide bonds. The van der Waals surface area contributed by atoms with Gasteiger partial charge in [-0.2, -0.15) is 0 Å². The van der Waals surface area contributed by atoms with Gasteiger partial charge in [-0.25, -0.2) is 0 Å². The smallest absolute Gasteiger partial charge is 0.0504 e. The molecule has 0 aromatic heterocycles. The third kappa shape index (κ3) is 4.93. The second kappa shape index (κ2) is 8.70. The van der Waals surface area contributed by atoms with E-state index in [2.05, 4.69) is 43.4 Å². The summed E-state index contributed by atoms with van der Waals surface area (Å²) >= 11 is 0. The van der Waals surface area contributed by atoms with Crippen LogP contribution in [0, 0.1) is 6.92 Å². The maximum atomic E-state index is 12.9. The molecule has 0 saturated heterocycles. The van der Waals surface area contributed by atoms with E-state index in [0.717, 1.165) is 13.0 Å². The summed E-state index contributed by atoms with van der Waals surface area (Å²) in [5, 5.41) is 3.90. The zero-order chi connectivity index (χ0) is 15.1. The summed E-state index contributed by atoms with van der Waals surface area (Å²) in [5.41, 5.74) is 2.50. The lowest BCUT2D eigenvalue weighted by atomic mass is 9.96. The Bertz CT molecular complexity index is 460. The van der Waals surface area contributed by atoms with Crippen LogP contribution in [0.3, 0.4) is 0 Å². The van der Waals surface area contributed by atoms with Crippen molar-refractivity contribution in [3.63, 3.8) is 0 Å². The summed E-state index contributed by atoms with van der Waals surface area (Å²) in [5.74, 6) is 0.708. The molecule has 118 valence electrons. The average molecular weight is 308 g/mol. The van der Waals surface area contributed by atoms with E-state index in [1.807, 2.05) is 0 Å². The van der Waals surface area contributed by atoms with Crippen molar-refractivity contribution in [1.82, 2.24) is 5.32 Å². The Morgan fingerprint density at radius 2 is 1.86 bits per heavy atom. The first kappa shape index (κ1) is 16.7. The van der Waals surface area contributed by atoms with Gasteiger partial charge < -0.3 is 5.32 Å². The Kier molecular flexibility index (Phi) is 6.91. The summed E-state index contributed by atoms with van der Waals surface area (Å²) in [7, 11) is -0.781. The molecule has 1 fully saturated rings. The van der Waals surface area contributed by atoms with Gasteiger partial charge in [0.2, 0.25) is 0 Å². The SMILES string of the molecule is CCNC1CCCCCCC1S(=O)Cc1ccccc1C. The third-order valence-corrected chi connectivity index (χ3v) is 6.40. The quantitative estimate of drug-likeness (QED) is 0.892. The molecule has 1 aromatic carbocycles. The second-order valence-corrected chi connectivity index (χ2v) is 7.80. The van der Waals surface area contributed by atoms with Crippen LogP contribution >= 0.6 is 0 Å². The van der Waals surface area contributed by atoms with Crippen LogP contribution in [-0.4, -0.2) is 22.0 Å². The Morgan fingerprint density at radius 1 is 1.14 bits per heavy atom. The van der Waals surface area contributed by atoms with E-state index >= 15 is 0 Å². The van der Waals surface area contributed by atoms with E-state index in [1.165, 1.54) is 43.2 Å². The van der Waals surface area contributed by atoms with Crippen LogP contribution in [0.4, 0.5) is 0 Å². The zero-order valence-corrected chi connectivity index (χ0v) is 14.3. The fraction of sp³-hybridized carbons (Fsp3) is 0.667. The fourth-order valence-electron chi connectivity index (χ4n) is 3.29. The molecule has 3 heteroatoms. The minimum absolute atomic E-state index is 0.310. The molecule has 1 aliphatic carbocycles. The standard InChI is InChI=1S/C18H29NOS/c1-3-19-17-12-6-4-5-7-13-18(17)21(20)14-16-11-9-8-10-15(16)2/h8-11,17-19H,3-7,12-14H2,1-2H3. The molecule has 0 bridgehead atoms. The monoisotopic (exact) mass is 307 g/mol. The fourth-order valence-corrected chi connectivity index (χ4v) is 5.17. The summed E-state index contributed by atoms with van der Waals surface area (Å²) in [6.45, 7) is 5.25. The molecule has 1 N–H and O–H groups in total. The van der Waals surface area contributed by atoms with Gasteiger partial charge in [0.15, 0.2) is 0 Å². The van der Waals surface area contributed by atoms with Gasteiger partial charge in [0, 0.05) is 22.6 Å². The summed E-state index contributed by atoms with van der Waals surface area (Å²) in [4.78, 5) is 0. The van der Waals surface area contributed by atoms with Gasteiger partial charge in [-0.05, 0) is 37.4 Å². The maximum absolute atomic E-state index is 12.9. The Labute approximate surface area is 132 Å². The highest BCUT2D eigenvalue weighted by Gasteiger charge is 2.27. The Morgan fingerprint density at radius 3 is 2.57 bits per heavy atom. The number of nitrogens with one attached hydrogen (secondary N) is 1. The molecule has 2 rings (SSSR count). The highest BCUT2D eigenvalue weighted by molar-refractivity contribution is 7.84. The highest BCUT2D eigenvalue weighted by Crippen LogP contribution is 2.24. The van der Waals surface area contributed by atoms with Crippen molar-refractivity contribution < 1.29 is 4.21 Å². The summed E-state index contributed by atoms with van der Waals surface area (Å²) < 4.78 is 12.9. The molecule has 3 atom stereocenters. The van der Waals surface area contributed by atoms with Gasteiger partial charge in [-0.1, -0.05) is 56.9 Å². The van der Waals surface area contributed by atoms with Crippen LogP contribution in [0.25, 0.3) is 0 Å². The van der Waals surface area contributed by atoms with Gasteiger partial charge in [0.05, 0.1) is 5.25 Å². The first-order valence-electron chi connectivity index (χ1n) is 8.37. The highest BCUT2D eigenvalue weighted by atomic mass is 32.2. The Balaban J connectivity index is 2.07. The molecule has 21 heavy (non-hydrogen) atoms. The van der Waals surface area contributed by atoms with Crippen LogP contribution in [-0.2, 0) is 16.6 Å². The molecule has 3 unspecified atom stereocenters. The lowest BCUT2D eigenvalue weighted by Crippen LogP contribution is -2.43. The van der Waals surface area contributed by atoms with E-state index in [9.17, 15) is 4.21 Å². The number of hydrogen-bond donors (Lipinski definition) is 1. The van der Waals surface area contributed by atoms with Crippen LogP contribution in [0.1, 0.15) is 56.6 Å². The van der Waals surface area contributed by atoms with Crippen molar-refractivity contribution in [2.75, 3.05) is 6.54 Å². The van der Waals surface area contributed by atoms with E-state index in [0.29, 0.717) is 17.0 Å². The van der Waals surface area contributed by atoms with Crippen LogP contribution < -0.4 is 5.32 Å². The summed E-state index contributed by atoms with van der Waals surface area (Å²) in [6.07, 6.45) is 7.42. The van der Waals surface area contributed by atoms with Crippen LogP contribution in [0.2, 0.25) is 0 Å². The normalized spacial score (nSPS) is 25.0. The van der Waals surface area contributed by atoms with Crippen molar-refractivity contribution in [2.24, 2.45) is 0 Å². The number of benzene rings is 1. The molecule has 0 heterocycles. The minimum Gasteiger partial charge on any atom is -0.313 e. The van der Waals surface area contributed by atoms with Crippen molar-refractivity contribution >= 4 is 10.8 Å². The molecule has 2 nitrogen and oxygen atoms in total. The van der Waals surface area contributed by atoms with Crippen molar-refractivity contribution in [3.8, 4) is 0 Å². The van der Waals surface area contributed by atoms with Crippen molar-refractivity contribution in [2.45, 2.75) is 69.4 Å². The first-order valence-corrected chi connectivity index (χ1v) is 9.75. The van der Waals surface area contributed by atoms with Crippen molar-refractivity contribution in [3.05, 3.63) is 35.4 Å². The molecular weight excluding hydrogens is 278 g/mol. The van der Waals surface area contributed by atoms with Crippen LogP contribution in [0.15, 0.2) is 24.3 Å². The van der Waals surface area contributed by atoms with Gasteiger partial charge in [0.1, 0.15) is 0 Å². The van der Waals surface area contributed by atoms with Gasteiger partial charge in [-0.15, -0.1) is 0 Å². The van der Waals surface area contributed by atoms with E-state index in [1.54, 1.807) is 0 Å². The maximum Gasteiger partial charge on any atom is 0.0504 e. The largest absolute Gasteiger partial charge is 0.313 e. The molecule has 0 spiro atoms. The minimum atomic E-state index is -0.781. The van der Waals surface area contributed by atoms with Crippen molar-refractivity contribution in [1.29, 1.82) is 0 Å². The molecule has 1 saturated carbocycles. The number of aryl methyl sites for hydroxylation is 1. The lowest BCUT2D eigenvalue weighted by molar-refractivity contribution is 0.400. The predicted molar refractivity (Wildman–Crippen MR) is 92.0 cm³/mol. The van der Waals surface area contributed by atoms with Gasteiger partial charge >= 0.3 is 0 Å². The molecular formula is C18H29NOS. The molecule has 1 aromatic rings. The molecule has 0 radical (unpaired) electrons. The summed E-state index contributed by atoms with van der Waals surface area (Å²) in [6, 6.07) is 8.78. The predicted octanol–water partition coefficient (Wildman–Crippen LogP) is 3.94. The van der Waals surface area contributed by atoms with E-state index < -0.39 is 10.8 Å². The van der Waals surface area contributed by atoms with Gasteiger partial charge in [0.25, 0.3) is 0 Å². The molecule has 0 aliphatic heterocycles. The molecule has 1 aliphatic rings. The first-order chi connectivity index (χ1) is 10.2. The van der Waals surface area contributed by atoms with Crippen LogP contribution in [0.5, 0.6) is 0 Å². The topological polar surface area (TPSA) is 29.1 Å². The average Bonchev–Trinajstić information content (AvgIpc) is 2.44. The number of rotatable bonds is 5. The van der Waals surface area contributed by atoms with Gasteiger partial charge in [-0.3, -0.25) is 4.21 Å². The van der Waals surface area contributed by atoms with E-state index in [4.69, 9.17) is 0 Å². The zero-order valence-electron chi connectivity index (χ0n) is 13.4. The second-order valence-electron chi connectivity index (χ2n) is 6.15. The van der Waals surface area contributed by atoms with E-state index in [-0.39, 0.29) is 0 Å². The lowest BCUT2D eigenvalue weighted by Gasteiger charge is -2.29.